The van der Waals surface area contributed by atoms with Crippen LogP contribution in [0.2, 0.25) is 0 Å². The van der Waals surface area contributed by atoms with Crippen molar-refractivity contribution >= 4 is 41.4 Å². The number of carbonyl (C=O) groups is 1. The minimum atomic E-state index is -4.90. The molecule has 13 heteroatoms. The zero-order valence-corrected chi connectivity index (χ0v) is 17.5. The molecular weight excluding hydrogens is 432 g/mol. The van der Waals surface area contributed by atoms with E-state index in [0.717, 1.165) is 24.5 Å². The Morgan fingerprint density at radius 1 is 1.00 bits per heavy atom. The van der Waals surface area contributed by atoms with E-state index >= 15 is 0 Å². The highest BCUT2D eigenvalue weighted by Gasteiger charge is 2.25. The van der Waals surface area contributed by atoms with E-state index in [1.54, 1.807) is 0 Å². The molecule has 0 aromatic heterocycles. The third-order valence-electron chi connectivity index (χ3n) is 3.43. The molecular formula is C15H20N2O8S3. The molecule has 0 spiro atoms. The molecule has 0 atom stereocenters. The normalized spacial score (nSPS) is 13.2. The van der Waals surface area contributed by atoms with Crippen molar-refractivity contribution in [2.24, 2.45) is 0 Å². The zero-order valence-electron chi connectivity index (χ0n) is 15.0. The Kier molecular flexibility index (Phi) is 7.53. The molecule has 10 nitrogen and oxygen atoms in total. The van der Waals surface area contributed by atoms with E-state index in [-0.39, 0.29) is 11.5 Å². The number of sulfone groups is 2. The summed E-state index contributed by atoms with van der Waals surface area (Å²) in [7, 11) is -12.3. The molecule has 0 aliphatic carbocycles. The first-order valence-electron chi connectivity index (χ1n) is 7.74. The molecule has 0 saturated carbocycles. The number of nitrogen functional groups attached to an aromatic ring is 1. The van der Waals surface area contributed by atoms with Crippen LogP contribution >= 0.6 is 0 Å². The number of anilines is 1. The summed E-state index contributed by atoms with van der Waals surface area (Å²) in [5.41, 5.74) is 4.55. The number of benzene rings is 1. The maximum Gasteiger partial charge on any atom is 0.297 e. The molecule has 1 amide bonds. The predicted octanol–water partition coefficient (Wildman–Crippen LogP) is 0.770. The van der Waals surface area contributed by atoms with Gasteiger partial charge in [-0.1, -0.05) is 19.9 Å². The second-order valence-electron chi connectivity index (χ2n) is 5.38. The second kappa shape index (κ2) is 8.86. The monoisotopic (exact) mass is 452 g/mol. The summed E-state index contributed by atoms with van der Waals surface area (Å²) >= 11 is 0. The molecule has 1 aromatic carbocycles. The Balaban J connectivity index is 3.60. The maximum atomic E-state index is 12.8. The number of nitrogens with zero attached hydrogens (tertiary/aromatic N) is 1. The van der Waals surface area contributed by atoms with E-state index < -0.39 is 51.8 Å². The number of amides is 1. The molecule has 0 aliphatic heterocycles. The summed E-state index contributed by atoms with van der Waals surface area (Å²) in [5.74, 6) is -1.68. The SMILES string of the molecule is CCS(=O)(=O)C=CN(C=CS(=O)(=O)CC)C(=O)c1cccc(N)c1S(=O)(=O)O. The van der Waals surface area contributed by atoms with Crippen LogP contribution in [0.4, 0.5) is 5.69 Å². The Labute approximate surface area is 163 Å². The van der Waals surface area contributed by atoms with E-state index in [9.17, 15) is 34.6 Å². The van der Waals surface area contributed by atoms with Crippen molar-refractivity contribution in [1.82, 2.24) is 4.90 Å². The van der Waals surface area contributed by atoms with Crippen molar-refractivity contribution in [2.45, 2.75) is 18.7 Å². The number of hydrogen-bond acceptors (Lipinski definition) is 8. The third kappa shape index (κ3) is 6.44. The van der Waals surface area contributed by atoms with E-state index in [0.29, 0.717) is 15.7 Å². The van der Waals surface area contributed by atoms with Crippen LogP contribution in [0.3, 0.4) is 0 Å². The van der Waals surface area contributed by atoms with Gasteiger partial charge in [-0.05, 0) is 12.1 Å². The Hall–Kier alpha value is -2.22. The average Bonchev–Trinajstić information content (AvgIpc) is 2.59. The van der Waals surface area contributed by atoms with Crippen LogP contribution in [0, 0.1) is 0 Å². The van der Waals surface area contributed by atoms with Crippen LogP contribution < -0.4 is 5.73 Å². The Morgan fingerprint density at radius 2 is 1.46 bits per heavy atom. The third-order valence-corrected chi connectivity index (χ3v) is 7.08. The van der Waals surface area contributed by atoms with Crippen molar-refractivity contribution in [3.05, 3.63) is 47.0 Å². The smallest absolute Gasteiger partial charge is 0.297 e. The standard InChI is InChI=1S/C15H20N2O8S3/c1-3-26(19,20)10-8-17(9-11-27(21,22)4-2)15(18)12-6-5-7-13(16)14(12)28(23,24)25/h5-11H,3-4,16H2,1-2H3,(H,23,24,25). The van der Waals surface area contributed by atoms with Crippen LogP contribution in [-0.4, -0.2) is 52.1 Å². The minimum Gasteiger partial charge on any atom is -0.398 e. The van der Waals surface area contributed by atoms with Crippen LogP contribution in [0.15, 0.2) is 46.3 Å². The fourth-order valence-corrected chi connectivity index (χ4v) is 3.66. The van der Waals surface area contributed by atoms with Gasteiger partial charge in [0.2, 0.25) is 0 Å². The molecule has 0 bridgehead atoms. The number of carbonyl (C=O) groups excluding carboxylic acids is 1. The van der Waals surface area contributed by atoms with Gasteiger partial charge in [-0.15, -0.1) is 0 Å². The first-order valence-corrected chi connectivity index (χ1v) is 12.6. The van der Waals surface area contributed by atoms with Gasteiger partial charge in [-0.25, -0.2) is 16.8 Å². The Morgan fingerprint density at radius 3 is 1.86 bits per heavy atom. The molecule has 0 saturated heterocycles. The summed E-state index contributed by atoms with van der Waals surface area (Å²) in [4.78, 5) is 12.5. The van der Waals surface area contributed by atoms with Gasteiger partial charge >= 0.3 is 0 Å². The van der Waals surface area contributed by atoms with Gasteiger partial charge in [0.15, 0.2) is 19.7 Å². The maximum absolute atomic E-state index is 12.8. The lowest BCUT2D eigenvalue weighted by Crippen LogP contribution is -2.24. The summed E-state index contributed by atoms with van der Waals surface area (Å²) in [5, 5.41) is 1.35. The minimum absolute atomic E-state index is 0.281. The molecule has 0 heterocycles. The summed E-state index contributed by atoms with van der Waals surface area (Å²) in [6.07, 6.45) is 1.56. The molecule has 3 N–H and O–H groups in total. The van der Waals surface area contributed by atoms with Crippen LogP contribution in [-0.2, 0) is 29.8 Å². The summed E-state index contributed by atoms with van der Waals surface area (Å²) in [6.45, 7) is 2.72. The molecule has 1 aromatic rings. The molecule has 0 aliphatic rings. The fourth-order valence-electron chi connectivity index (χ4n) is 1.84. The van der Waals surface area contributed by atoms with E-state index in [2.05, 4.69) is 0 Å². The lowest BCUT2D eigenvalue weighted by molar-refractivity contribution is 0.0866. The van der Waals surface area contributed by atoms with Crippen molar-refractivity contribution in [3.8, 4) is 0 Å². The van der Waals surface area contributed by atoms with Gasteiger partial charge in [-0.2, -0.15) is 8.42 Å². The highest BCUT2D eigenvalue weighted by atomic mass is 32.2. The van der Waals surface area contributed by atoms with Gasteiger partial charge in [0.1, 0.15) is 4.90 Å². The first kappa shape index (κ1) is 23.8. The summed E-state index contributed by atoms with van der Waals surface area (Å²) in [6, 6.07) is 3.42. The topological polar surface area (TPSA) is 169 Å². The van der Waals surface area contributed by atoms with Crippen molar-refractivity contribution in [2.75, 3.05) is 17.2 Å². The Bertz CT molecular complexity index is 1070. The average molecular weight is 453 g/mol. The molecule has 0 radical (unpaired) electrons. The number of hydrogen-bond donors (Lipinski definition) is 2. The van der Waals surface area contributed by atoms with Crippen molar-refractivity contribution in [1.29, 1.82) is 0 Å². The van der Waals surface area contributed by atoms with Crippen molar-refractivity contribution < 1.29 is 34.6 Å². The lowest BCUT2D eigenvalue weighted by Gasteiger charge is -2.16. The second-order valence-corrected chi connectivity index (χ2v) is 11.1. The van der Waals surface area contributed by atoms with E-state index in [4.69, 9.17) is 5.73 Å². The molecule has 1 rings (SSSR count). The van der Waals surface area contributed by atoms with Gasteiger partial charge < -0.3 is 5.73 Å². The fraction of sp³-hybridized carbons (Fsp3) is 0.267. The van der Waals surface area contributed by atoms with Gasteiger partial charge in [-0.3, -0.25) is 14.2 Å². The molecule has 0 unspecified atom stereocenters. The van der Waals surface area contributed by atoms with Gasteiger partial charge in [0.05, 0.1) is 22.8 Å². The quantitative estimate of drug-likeness (QED) is 0.427. The number of rotatable bonds is 8. The van der Waals surface area contributed by atoms with Crippen LogP contribution in [0.25, 0.3) is 0 Å². The van der Waals surface area contributed by atoms with Crippen LogP contribution in [0.1, 0.15) is 24.2 Å². The molecule has 28 heavy (non-hydrogen) atoms. The van der Waals surface area contributed by atoms with Gasteiger partial charge in [0, 0.05) is 23.2 Å². The highest BCUT2D eigenvalue weighted by Crippen LogP contribution is 2.24. The molecule has 156 valence electrons. The van der Waals surface area contributed by atoms with Crippen LogP contribution in [0.5, 0.6) is 0 Å². The highest BCUT2D eigenvalue weighted by molar-refractivity contribution is 7.94. The van der Waals surface area contributed by atoms with E-state index in [1.807, 2.05) is 0 Å². The number of nitrogens with two attached hydrogens (primary N) is 1. The predicted molar refractivity (Wildman–Crippen MR) is 104 cm³/mol. The summed E-state index contributed by atoms with van der Waals surface area (Å²) < 4.78 is 79.3. The largest absolute Gasteiger partial charge is 0.398 e. The van der Waals surface area contributed by atoms with E-state index in [1.165, 1.54) is 19.9 Å². The van der Waals surface area contributed by atoms with Crippen molar-refractivity contribution in [3.63, 3.8) is 0 Å². The zero-order chi connectivity index (χ0) is 21.8. The van der Waals surface area contributed by atoms with Gasteiger partial charge in [0.25, 0.3) is 16.0 Å². The lowest BCUT2D eigenvalue weighted by atomic mass is 10.2. The molecule has 0 fully saturated rings. The first-order chi connectivity index (χ1) is 12.7.